The number of aryl methyl sites for hydroxylation is 1. The van der Waals surface area contributed by atoms with Gasteiger partial charge >= 0.3 is 0 Å². The van der Waals surface area contributed by atoms with Crippen LogP contribution in [0.5, 0.6) is 0 Å². The van der Waals surface area contributed by atoms with Crippen molar-refractivity contribution in [3.05, 3.63) is 56.4 Å². The average Bonchev–Trinajstić information content (AvgIpc) is 2.28. The fourth-order valence-corrected chi connectivity index (χ4v) is 1.49. The molecule has 0 saturated carbocycles. The fourth-order valence-electron chi connectivity index (χ4n) is 1.49. The maximum Gasteiger partial charge on any atom is 0.258 e. The summed E-state index contributed by atoms with van der Waals surface area (Å²) in [7, 11) is 0. The SMILES string of the molecule is Cc1cccn2c(=O)cc(CN=[N+]=[N-])nc12. The van der Waals surface area contributed by atoms with Gasteiger partial charge in [0.2, 0.25) is 0 Å². The summed E-state index contributed by atoms with van der Waals surface area (Å²) in [6.45, 7) is 1.97. The quantitative estimate of drug-likeness (QED) is 0.434. The molecule has 0 aliphatic rings. The minimum atomic E-state index is -0.170. The van der Waals surface area contributed by atoms with E-state index in [2.05, 4.69) is 15.0 Å². The summed E-state index contributed by atoms with van der Waals surface area (Å²) >= 11 is 0. The van der Waals surface area contributed by atoms with Crippen molar-refractivity contribution in [2.24, 2.45) is 5.11 Å². The summed E-state index contributed by atoms with van der Waals surface area (Å²) in [5.74, 6) is 0. The van der Waals surface area contributed by atoms with Crippen LogP contribution in [0.2, 0.25) is 0 Å². The first kappa shape index (κ1) is 10.2. The lowest BCUT2D eigenvalue weighted by atomic mass is 10.3. The molecule has 2 aromatic heterocycles. The average molecular weight is 215 g/mol. The van der Waals surface area contributed by atoms with Crippen LogP contribution in [0, 0.1) is 6.92 Å². The van der Waals surface area contributed by atoms with Gasteiger partial charge < -0.3 is 0 Å². The third-order valence-corrected chi connectivity index (χ3v) is 2.24. The van der Waals surface area contributed by atoms with E-state index in [1.54, 1.807) is 12.3 Å². The minimum Gasteiger partial charge on any atom is -0.269 e. The zero-order valence-electron chi connectivity index (χ0n) is 8.66. The van der Waals surface area contributed by atoms with E-state index < -0.39 is 0 Å². The van der Waals surface area contributed by atoms with E-state index in [1.807, 2.05) is 13.0 Å². The van der Waals surface area contributed by atoms with Crippen molar-refractivity contribution in [2.45, 2.75) is 13.5 Å². The Morgan fingerprint density at radius 1 is 1.62 bits per heavy atom. The fraction of sp³-hybridized carbons (Fsp3) is 0.200. The van der Waals surface area contributed by atoms with E-state index in [9.17, 15) is 4.79 Å². The molecule has 0 unspecified atom stereocenters. The Morgan fingerprint density at radius 3 is 3.19 bits per heavy atom. The van der Waals surface area contributed by atoms with Gasteiger partial charge in [-0.25, -0.2) is 4.98 Å². The molecular weight excluding hydrogens is 206 g/mol. The zero-order valence-corrected chi connectivity index (χ0v) is 8.66. The van der Waals surface area contributed by atoms with Crippen LogP contribution in [0.25, 0.3) is 16.1 Å². The van der Waals surface area contributed by atoms with Gasteiger partial charge in [0, 0.05) is 17.2 Å². The summed E-state index contributed by atoms with van der Waals surface area (Å²) in [6.07, 6.45) is 1.66. The van der Waals surface area contributed by atoms with Crippen LogP contribution in [0.15, 0.2) is 34.3 Å². The van der Waals surface area contributed by atoms with Crippen LogP contribution in [0.4, 0.5) is 0 Å². The molecule has 0 spiro atoms. The van der Waals surface area contributed by atoms with Gasteiger partial charge in [-0.3, -0.25) is 9.20 Å². The van der Waals surface area contributed by atoms with Gasteiger partial charge in [-0.1, -0.05) is 11.2 Å². The summed E-state index contributed by atoms with van der Waals surface area (Å²) in [4.78, 5) is 18.6. The van der Waals surface area contributed by atoms with Gasteiger partial charge in [0.25, 0.3) is 5.56 Å². The second-order valence-corrected chi connectivity index (χ2v) is 3.36. The third kappa shape index (κ3) is 1.74. The van der Waals surface area contributed by atoms with Crippen molar-refractivity contribution in [2.75, 3.05) is 0 Å². The number of hydrogen-bond acceptors (Lipinski definition) is 3. The molecule has 0 N–H and O–H groups in total. The molecule has 0 saturated heterocycles. The van der Waals surface area contributed by atoms with Crippen molar-refractivity contribution in [3.63, 3.8) is 0 Å². The predicted octanol–water partition coefficient (Wildman–Crippen LogP) is 1.81. The number of pyridine rings is 1. The molecule has 0 aliphatic carbocycles. The van der Waals surface area contributed by atoms with Gasteiger partial charge in [-0.15, -0.1) is 0 Å². The molecule has 0 amide bonds. The summed E-state index contributed by atoms with van der Waals surface area (Å²) < 4.78 is 1.47. The highest BCUT2D eigenvalue weighted by Crippen LogP contribution is 2.05. The smallest absolute Gasteiger partial charge is 0.258 e. The van der Waals surface area contributed by atoms with Crippen molar-refractivity contribution < 1.29 is 0 Å². The number of hydrogen-bond donors (Lipinski definition) is 0. The monoisotopic (exact) mass is 215 g/mol. The van der Waals surface area contributed by atoms with E-state index in [4.69, 9.17) is 5.53 Å². The number of azide groups is 1. The summed E-state index contributed by atoms with van der Waals surface area (Å²) in [6, 6.07) is 5.04. The highest BCUT2D eigenvalue weighted by molar-refractivity contribution is 5.46. The van der Waals surface area contributed by atoms with Crippen molar-refractivity contribution in [1.82, 2.24) is 9.38 Å². The molecular formula is C10H9N5O. The largest absolute Gasteiger partial charge is 0.269 e. The lowest BCUT2D eigenvalue weighted by Gasteiger charge is -2.03. The Labute approximate surface area is 90.8 Å². The third-order valence-electron chi connectivity index (χ3n) is 2.24. The topological polar surface area (TPSA) is 83.1 Å². The number of rotatable bonds is 2. The Kier molecular flexibility index (Phi) is 2.57. The lowest BCUT2D eigenvalue weighted by molar-refractivity contribution is 0.930. The second kappa shape index (κ2) is 4.04. The molecule has 0 aliphatic heterocycles. The Morgan fingerprint density at radius 2 is 2.44 bits per heavy atom. The maximum absolute atomic E-state index is 11.7. The molecule has 0 fully saturated rings. The van der Waals surface area contributed by atoms with Gasteiger partial charge in [0.05, 0.1) is 12.2 Å². The molecule has 2 heterocycles. The highest BCUT2D eigenvalue weighted by Gasteiger charge is 2.03. The molecule has 0 radical (unpaired) electrons. The lowest BCUT2D eigenvalue weighted by Crippen LogP contribution is -2.15. The Balaban J connectivity index is 2.70. The van der Waals surface area contributed by atoms with Crippen LogP contribution in [-0.4, -0.2) is 9.38 Å². The molecule has 0 bridgehead atoms. The predicted molar refractivity (Wildman–Crippen MR) is 59.0 cm³/mol. The van der Waals surface area contributed by atoms with Crippen LogP contribution in [0.3, 0.4) is 0 Å². The van der Waals surface area contributed by atoms with Crippen LogP contribution >= 0.6 is 0 Å². The van der Waals surface area contributed by atoms with Gasteiger partial charge in [-0.2, -0.15) is 0 Å². The van der Waals surface area contributed by atoms with Gasteiger partial charge in [-0.05, 0) is 24.1 Å². The van der Waals surface area contributed by atoms with Crippen molar-refractivity contribution in [1.29, 1.82) is 0 Å². The molecule has 6 heteroatoms. The van der Waals surface area contributed by atoms with Crippen LogP contribution in [-0.2, 0) is 6.54 Å². The number of aromatic nitrogens is 2. The first-order valence-corrected chi connectivity index (χ1v) is 4.71. The number of fused-ring (bicyclic) bond motifs is 1. The standard InChI is InChI=1S/C10H9N5O/c1-7-3-2-4-15-9(16)5-8(6-12-14-11)13-10(7)15/h2-5H,6H2,1H3. The van der Waals surface area contributed by atoms with E-state index >= 15 is 0 Å². The van der Waals surface area contributed by atoms with Crippen LogP contribution in [0.1, 0.15) is 11.3 Å². The Bertz CT molecular complexity index is 639. The second-order valence-electron chi connectivity index (χ2n) is 3.36. The molecule has 2 aromatic rings. The Hall–Kier alpha value is -2.33. The van der Waals surface area contributed by atoms with Gasteiger partial charge in [0.1, 0.15) is 5.65 Å². The van der Waals surface area contributed by atoms with E-state index in [0.29, 0.717) is 11.3 Å². The van der Waals surface area contributed by atoms with E-state index in [-0.39, 0.29) is 12.1 Å². The molecule has 16 heavy (non-hydrogen) atoms. The van der Waals surface area contributed by atoms with Crippen molar-refractivity contribution in [3.8, 4) is 0 Å². The molecule has 80 valence electrons. The molecule has 0 aromatic carbocycles. The summed E-state index contributed by atoms with van der Waals surface area (Å²) in [5, 5.41) is 3.39. The van der Waals surface area contributed by atoms with Crippen LogP contribution < -0.4 is 5.56 Å². The minimum absolute atomic E-state index is 0.0938. The number of nitrogens with zero attached hydrogens (tertiary/aromatic N) is 5. The first-order valence-electron chi connectivity index (χ1n) is 4.71. The zero-order chi connectivity index (χ0) is 11.5. The maximum atomic E-state index is 11.7. The highest BCUT2D eigenvalue weighted by atomic mass is 16.1. The molecule has 0 atom stereocenters. The van der Waals surface area contributed by atoms with Crippen molar-refractivity contribution >= 4 is 5.65 Å². The molecule has 2 rings (SSSR count). The molecule has 6 nitrogen and oxygen atoms in total. The first-order chi connectivity index (χ1) is 7.72. The van der Waals surface area contributed by atoms with E-state index in [0.717, 1.165) is 5.56 Å². The normalized spacial score (nSPS) is 10.1. The van der Waals surface area contributed by atoms with Gasteiger partial charge in [0.15, 0.2) is 0 Å². The summed E-state index contributed by atoms with van der Waals surface area (Å²) in [5.41, 5.74) is 10.0. The van der Waals surface area contributed by atoms with E-state index in [1.165, 1.54) is 10.5 Å².